The van der Waals surface area contributed by atoms with Crippen LogP contribution in [0.25, 0.3) is 11.1 Å². The molecule has 0 atom stereocenters. The largest absolute Gasteiger partial charge is 0.370 e. The SMILES string of the molecule is CCCN=C(N)NCCc1ccc(-c2ccccc2)cc1.I. The highest BCUT2D eigenvalue weighted by Gasteiger charge is 1.98. The molecule has 0 saturated carbocycles. The molecule has 0 amide bonds. The van der Waals surface area contributed by atoms with E-state index < -0.39 is 0 Å². The van der Waals surface area contributed by atoms with Gasteiger partial charge in [-0.25, -0.2) is 0 Å². The maximum Gasteiger partial charge on any atom is 0.188 e. The molecule has 0 radical (unpaired) electrons. The zero-order valence-corrected chi connectivity index (χ0v) is 15.3. The number of rotatable bonds is 6. The molecule has 118 valence electrons. The Hall–Kier alpha value is -1.56. The molecule has 3 N–H and O–H groups in total. The Morgan fingerprint density at radius 3 is 2.27 bits per heavy atom. The van der Waals surface area contributed by atoms with Gasteiger partial charge in [-0.1, -0.05) is 61.5 Å². The van der Waals surface area contributed by atoms with Crippen LogP contribution in [0.1, 0.15) is 18.9 Å². The first-order chi connectivity index (χ1) is 10.3. The first kappa shape index (κ1) is 18.5. The fraction of sp³-hybridized carbons (Fsp3) is 0.278. The Bertz CT molecular complexity index is 565. The van der Waals surface area contributed by atoms with Crippen LogP contribution < -0.4 is 11.1 Å². The molecule has 4 heteroatoms. The molecule has 0 heterocycles. The molecule has 2 aromatic rings. The minimum atomic E-state index is 0. The number of nitrogens with two attached hydrogens (primary N) is 1. The zero-order valence-electron chi connectivity index (χ0n) is 13.0. The highest BCUT2D eigenvalue weighted by Crippen LogP contribution is 2.19. The van der Waals surface area contributed by atoms with Crippen molar-refractivity contribution in [2.75, 3.05) is 13.1 Å². The molecule has 0 fully saturated rings. The van der Waals surface area contributed by atoms with Crippen LogP contribution in [0.4, 0.5) is 0 Å². The average Bonchev–Trinajstić information content (AvgIpc) is 2.54. The fourth-order valence-corrected chi connectivity index (χ4v) is 2.12. The number of benzene rings is 2. The summed E-state index contributed by atoms with van der Waals surface area (Å²) in [5, 5.41) is 3.14. The van der Waals surface area contributed by atoms with E-state index in [0.717, 1.165) is 25.9 Å². The molecule has 2 aromatic carbocycles. The molecule has 0 aliphatic heterocycles. The highest BCUT2D eigenvalue weighted by molar-refractivity contribution is 14.0. The van der Waals surface area contributed by atoms with Crippen LogP contribution in [0.5, 0.6) is 0 Å². The summed E-state index contributed by atoms with van der Waals surface area (Å²) in [6.45, 7) is 3.68. The van der Waals surface area contributed by atoms with Crippen LogP contribution in [-0.2, 0) is 6.42 Å². The van der Waals surface area contributed by atoms with E-state index in [0.29, 0.717) is 5.96 Å². The monoisotopic (exact) mass is 409 g/mol. The summed E-state index contributed by atoms with van der Waals surface area (Å²) in [5.74, 6) is 0.540. The molecule has 0 aliphatic rings. The number of nitrogens with zero attached hydrogens (tertiary/aromatic N) is 1. The fourth-order valence-electron chi connectivity index (χ4n) is 2.12. The molecule has 0 spiro atoms. The van der Waals surface area contributed by atoms with Gasteiger partial charge in [-0.05, 0) is 29.5 Å². The van der Waals surface area contributed by atoms with E-state index in [1.54, 1.807) is 0 Å². The van der Waals surface area contributed by atoms with Crippen molar-refractivity contribution in [2.24, 2.45) is 10.7 Å². The van der Waals surface area contributed by atoms with Gasteiger partial charge in [0.05, 0.1) is 0 Å². The maximum atomic E-state index is 5.76. The zero-order chi connectivity index (χ0) is 14.9. The van der Waals surface area contributed by atoms with E-state index in [-0.39, 0.29) is 24.0 Å². The van der Waals surface area contributed by atoms with Crippen molar-refractivity contribution < 1.29 is 0 Å². The molecule has 0 bridgehead atoms. The molecule has 0 aromatic heterocycles. The van der Waals surface area contributed by atoms with Crippen molar-refractivity contribution in [3.8, 4) is 11.1 Å². The van der Waals surface area contributed by atoms with Crippen molar-refractivity contribution in [1.29, 1.82) is 0 Å². The normalized spacial score (nSPS) is 10.9. The molecule has 0 saturated heterocycles. The third-order valence-electron chi connectivity index (χ3n) is 3.29. The standard InChI is InChI=1S/C18H23N3.HI/c1-2-13-20-18(19)21-14-12-15-8-10-17(11-9-15)16-6-4-3-5-7-16;/h3-11H,2,12-14H2,1H3,(H3,19,20,21);1H. The van der Waals surface area contributed by atoms with Gasteiger partial charge in [-0.2, -0.15) is 0 Å². The predicted octanol–water partition coefficient (Wildman–Crippen LogP) is 3.83. The Morgan fingerprint density at radius 1 is 1.00 bits per heavy atom. The predicted molar refractivity (Wildman–Crippen MR) is 106 cm³/mol. The highest BCUT2D eigenvalue weighted by atomic mass is 127. The lowest BCUT2D eigenvalue weighted by atomic mass is 10.0. The minimum absolute atomic E-state index is 0. The number of hydrogen-bond donors (Lipinski definition) is 2. The molecule has 2 rings (SSSR count). The van der Waals surface area contributed by atoms with Crippen molar-refractivity contribution >= 4 is 29.9 Å². The van der Waals surface area contributed by atoms with Gasteiger partial charge < -0.3 is 11.1 Å². The van der Waals surface area contributed by atoms with Gasteiger partial charge >= 0.3 is 0 Å². The number of guanidine groups is 1. The van der Waals surface area contributed by atoms with Gasteiger partial charge in [-0.3, -0.25) is 4.99 Å². The van der Waals surface area contributed by atoms with Gasteiger partial charge in [0.15, 0.2) is 5.96 Å². The lowest BCUT2D eigenvalue weighted by Crippen LogP contribution is -2.33. The van der Waals surface area contributed by atoms with E-state index in [2.05, 4.69) is 65.8 Å². The van der Waals surface area contributed by atoms with Crippen LogP contribution in [-0.4, -0.2) is 19.0 Å². The number of halogens is 1. The summed E-state index contributed by atoms with van der Waals surface area (Å²) < 4.78 is 0. The van der Waals surface area contributed by atoms with Gasteiger partial charge in [0.1, 0.15) is 0 Å². The summed E-state index contributed by atoms with van der Waals surface area (Å²) in [4.78, 5) is 4.21. The molecule has 22 heavy (non-hydrogen) atoms. The lowest BCUT2D eigenvalue weighted by Gasteiger charge is -2.07. The molecule has 0 aliphatic carbocycles. The molecular formula is C18H24IN3. The first-order valence-electron chi connectivity index (χ1n) is 7.47. The van der Waals surface area contributed by atoms with Crippen molar-refractivity contribution in [3.63, 3.8) is 0 Å². The summed E-state index contributed by atoms with van der Waals surface area (Å²) in [6, 6.07) is 19.1. The molecular weight excluding hydrogens is 385 g/mol. The van der Waals surface area contributed by atoms with Crippen LogP contribution in [0.3, 0.4) is 0 Å². The maximum absolute atomic E-state index is 5.76. The van der Waals surface area contributed by atoms with Crippen LogP contribution in [0, 0.1) is 0 Å². The van der Waals surface area contributed by atoms with E-state index in [9.17, 15) is 0 Å². The molecule has 0 unspecified atom stereocenters. The van der Waals surface area contributed by atoms with Crippen molar-refractivity contribution in [1.82, 2.24) is 5.32 Å². The quantitative estimate of drug-likeness (QED) is 0.433. The van der Waals surface area contributed by atoms with Gasteiger partial charge in [0.2, 0.25) is 0 Å². The average molecular weight is 409 g/mol. The summed E-state index contributed by atoms with van der Waals surface area (Å²) >= 11 is 0. The van der Waals surface area contributed by atoms with E-state index >= 15 is 0 Å². The second-order valence-electron chi connectivity index (χ2n) is 5.01. The van der Waals surface area contributed by atoms with Crippen molar-refractivity contribution in [3.05, 3.63) is 60.2 Å². The Morgan fingerprint density at radius 2 is 1.64 bits per heavy atom. The van der Waals surface area contributed by atoms with E-state index in [1.807, 2.05) is 6.07 Å². The molecule has 3 nitrogen and oxygen atoms in total. The second kappa shape index (κ2) is 10.2. The van der Waals surface area contributed by atoms with Crippen LogP contribution in [0.2, 0.25) is 0 Å². The Balaban J connectivity index is 0.00000242. The third-order valence-corrected chi connectivity index (χ3v) is 3.29. The minimum Gasteiger partial charge on any atom is -0.370 e. The Labute approximate surface area is 150 Å². The Kier molecular flexibility index (Phi) is 8.58. The van der Waals surface area contributed by atoms with E-state index in [1.165, 1.54) is 16.7 Å². The van der Waals surface area contributed by atoms with Gasteiger partial charge in [-0.15, -0.1) is 24.0 Å². The summed E-state index contributed by atoms with van der Waals surface area (Å²) in [5.41, 5.74) is 9.55. The van der Waals surface area contributed by atoms with Gasteiger partial charge in [0.25, 0.3) is 0 Å². The van der Waals surface area contributed by atoms with Crippen molar-refractivity contribution in [2.45, 2.75) is 19.8 Å². The third kappa shape index (κ3) is 6.05. The van der Waals surface area contributed by atoms with Crippen LogP contribution >= 0.6 is 24.0 Å². The number of aliphatic imine (C=N–C) groups is 1. The van der Waals surface area contributed by atoms with Gasteiger partial charge in [0, 0.05) is 13.1 Å². The first-order valence-corrected chi connectivity index (χ1v) is 7.47. The lowest BCUT2D eigenvalue weighted by molar-refractivity contribution is 0.839. The summed E-state index contributed by atoms with van der Waals surface area (Å²) in [7, 11) is 0. The summed E-state index contributed by atoms with van der Waals surface area (Å²) in [6.07, 6.45) is 1.96. The number of hydrogen-bond acceptors (Lipinski definition) is 1. The smallest absolute Gasteiger partial charge is 0.188 e. The number of nitrogens with one attached hydrogen (secondary N) is 1. The topological polar surface area (TPSA) is 50.4 Å². The van der Waals surface area contributed by atoms with E-state index in [4.69, 9.17) is 5.73 Å². The second-order valence-corrected chi connectivity index (χ2v) is 5.01. The van der Waals surface area contributed by atoms with Crippen LogP contribution in [0.15, 0.2) is 59.6 Å².